The summed E-state index contributed by atoms with van der Waals surface area (Å²) < 4.78 is 2.72. The molecule has 0 saturated carbocycles. The number of nitrogens with zero attached hydrogens (tertiary/aromatic N) is 1. The Balaban J connectivity index is 0. The molecule has 0 aromatic heterocycles. The van der Waals surface area contributed by atoms with Gasteiger partial charge < -0.3 is 0 Å². The minimum Gasteiger partial charge on any atom is -0.194 e. The van der Waals surface area contributed by atoms with E-state index in [4.69, 9.17) is 0 Å². The van der Waals surface area contributed by atoms with Gasteiger partial charge in [0.05, 0.1) is 0 Å². The van der Waals surface area contributed by atoms with Gasteiger partial charge in [0.15, 0.2) is 0 Å². The van der Waals surface area contributed by atoms with E-state index in [1.54, 1.807) is 0 Å². The summed E-state index contributed by atoms with van der Waals surface area (Å²) in [7, 11) is 0. The molecule has 0 N–H and O–H groups in total. The second-order valence-electron chi connectivity index (χ2n) is 0.120. The number of hydrogen-bond donors (Lipinski definition) is 0. The summed E-state index contributed by atoms with van der Waals surface area (Å²) in [4.78, 5) is 0. The van der Waals surface area contributed by atoms with Gasteiger partial charge in [-0.05, 0) is 0 Å². The van der Waals surface area contributed by atoms with Crippen molar-refractivity contribution in [2.45, 2.75) is 0 Å². The van der Waals surface area contributed by atoms with Gasteiger partial charge in [-0.25, -0.2) is 0 Å². The molecular weight excluding hydrogens is 96.9 g/mol. The molecule has 0 aromatic rings. The Morgan fingerprint density at radius 3 is 1.75 bits per heavy atom. The van der Waals surface area contributed by atoms with Crippen LogP contribution in [0.4, 0.5) is 0 Å². The molecule has 3 heteroatoms. The van der Waals surface area contributed by atoms with Crippen molar-refractivity contribution in [2.24, 2.45) is 4.51 Å². The first-order valence-electron chi connectivity index (χ1n) is 0.485. The van der Waals surface area contributed by atoms with Crippen LogP contribution in [-0.4, -0.2) is 6.72 Å². The molecule has 0 fully saturated rings. The summed E-state index contributed by atoms with van der Waals surface area (Å²) >= 11 is 4.51. The van der Waals surface area contributed by atoms with Gasteiger partial charge in [-0.1, -0.05) is 0 Å². The third-order valence-corrected chi connectivity index (χ3v) is 0. The predicted octanol–water partition coefficient (Wildman–Crippen LogP) is 1.26. The highest BCUT2D eigenvalue weighted by atomic mass is 35.5. The first-order valence-corrected chi connectivity index (χ1v) is 0.823. The molecule has 0 aromatic carbocycles. The van der Waals surface area contributed by atoms with Gasteiger partial charge in [-0.15, -0.1) is 12.4 Å². The Hall–Kier alpha value is 0.250. The average Bonchev–Trinajstić information content (AvgIpc) is 0.918. The highest BCUT2D eigenvalue weighted by Crippen LogP contribution is 1.58. The minimum atomic E-state index is 0. The van der Waals surface area contributed by atoms with E-state index in [2.05, 4.69) is 23.0 Å². The summed E-state index contributed by atoms with van der Waals surface area (Å²) in [5, 5.41) is 0. The summed E-state index contributed by atoms with van der Waals surface area (Å²) in [5.41, 5.74) is 0. The van der Waals surface area contributed by atoms with Crippen LogP contribution in [-0.2, 0) is 0 Å². The molecule has 0 rings (SSSR count). The Bertz CT molecular complexity index is 13.5. The molecule has 0 aliphatic rings. The van der Waals surface area contributed by atoms with Crippen LogP contribution >= 0.6 is 24.2 Å². The third-order valence-electron chi connectivity index (χ3n) is 0. The van der Waals surface area contributed by atoms with Crippen molar-refractivity contribution in [1.82, 2.24) is 0 Å². The van der Waals surface area contributed by atoms with Gasteiger partial charge >= 0.3 is 0 Å². The molecule has 4 heavy (non-hydrogen) atoms. The van der Waals surface area contributed by atoms with Gasteiger partial charge in [0.1, 0.15) is 0 Å². The Morgan fingerprint density at radius 1 is 1.75 bits per heavy atom. The molecule has 0 atom stereocenters. The van der Waals surface area contributed by atoms with Crippen LogP contribution in [0.3, 0.4) is 0 Å². The lowest BCUT2D eigenvalue weighted by Crippen LogP contribution is -1.04. The van der Waals surface area contributed by atoms with Crippen LogP contribution in [0.5, 0.6) is 0 Å². The topological polar surface area (TPSA) is 12.4 Å². The third kappa shape index (κ3) is 56.3. The van der Waals surface area contributed by atoms with Crippen molar-refractivity contribution < 1.29 is 0 Å². The van der Waals surface area contributed by atoms with Crippen molar-refractivity contribution in [3.05, 3.63) is 0 Å². The Kier molecular flexibility index (Phi) is 23.3. The van der Waals surface area contributed by atoms with E-state index < -0.39 is 0 Å². The highest BCUT2D eigenvalue weighted by molar-refractivity contribution is 6.16. The number of hydrogen-bond acceptors (Lipinski definition) is 1. The van der Waals surface area contributed by atoms with Gasteiger partial charge in [0.25, 0.3) is 0 Å². The lowest BCUT2D eigenvalue weighted by molar-refractivity contribution is 2.00. The zero-order chi connectivity index (χ0) is 2.71. The van der Waals surface area contributed by atoms with Gasteiger partial charge in [-0.2, -0.15) is 4.51 Å². The summed E-state index contributed by atoms with van der Waals surface area (Å²) in [6.07, 6.45) is 0. The van der Waals surface area contributed by atoms with Crippen LogP contribution in [0.25, 0.3) is 0 Å². The fourth-order valence-electron chi connectivity index (χ4n) is 0. The average molecular weight is 99.9 g/mol. The Morgan fingerprint density at radius 2 is 1.75 bits per heavy atom. The van der Waals surface area contributed by atoms with Crippen molar-refractivity contribution in [2.75, 3.05) is 0 Å². The van der Waals surface area contributed by atoms with Crippen LogP contribution in [0, 0.1) is 0 Å². The molecule has 0 spiro atoms. The van der Waals surface area contributed by atoms with Crippen molar-refractivity contribution >= 4 is 30.9 Å². The SMILES string of the molecule is C=NCl.Cl. The van der Waals surface area contributed by atoms with Crippen LogP contribution in [0.1, 0.15) is 0 Å². The van der Waals surface area contributed by atoms with Crippen LogP contribution in [0.15, 0.2) is 4.51 Å². The fourth-order valence-corrected chi connectivity index (χ4v) is 0. The summed E-state index contributed by atoms with van der Waals surface area (Å²) in [6.45, 7) is 2.88. The van der Waals surface area contributed by atoms with Crippen molar-refractivity contribution in [3.8, 4) is 0 Å². The lowest BCUT2D eigenvalue weighted by atomic mass is 11.8. The summed E-state index contributed by atoms with van der Waals surface area (Å²) in [5.74, 6) is 0. The van der Waals surface area contributed by atoms with E-state index in [9.17, 15) is 0 Å². The zero-order valence-corrected chi connectivity index (χ0v) is 3.51. The van der Waals surface area contributed by atoms with Crippen molar-refractivity contribution in [1.29, 1.82) is 0 Å². The van der Waals surface area contributed by atoms with E-state index >= 15 is 0 Å². The number of halogens is 2. The first-order chi connectivity index (χ1) is 1.41. The highest BCUT2D eigenvalue weighted by Gasteiger charge is 1.15. The van der Waals surface area contributed by atoms with E-state index in [1.807, 2.05) is 0 Å². The van der Waals surface area contributed by atoms with Gasteiger partial charge in [0.2, 0.25) is 0 Å². The molecular formula is CH3Cl2N. The smallest absolute Gasteiger partial charge is 0.0358 e. The molecule has 0 bridgehead atoms. The molecule has 0 heterocycles. The van der Waals surface area contributed by atoms with Crippen LogP contribution in [0.2, 0.25) is 0 Å². The predicted molar refractivity (Wildman–Crippen MR) is 22.6 cm³/mol. The first kappa shape index (κ1) is 8.87. The molecule has 0 unspecified atom stereocenters. The second kappa shape index (κ2) is 10.5. The van der Waals surface area contributed by atoms with Crippen molar-refractivity contribution in [3.63, 3.8) is 0 Å². The van der Waals surface area contributed by atoms with Gasteiger partial charge in [-0.3, -0.25) is 0 Å². The van der Waals surface area contributed by atoms with E-state index in [0.717, 1.165) is 0 Å². The Labute approximate surface area is 36.2 Å². The van der Waals surface area contributed by atoms with Gasteiger partial charge in [0, 0.05) is 18.5 Å². The maximum absolute atomic E-state index is 4.51. The fraction of sp³-hybridized carbons (Fsp3) is 0. The van der Waals surface area contributed by atoms with E-state index in [1.165, 1.54) is 0 Å². The molecule has 0 amide bonds. The molecule has 26 valence electrons. The maximum atomic E-state index is 4.51. The largest absolute Gasteiger partial charge is 0.194 e. The summed E-state index contributed by atoms with van der Waals surface area (Å²) in [6, 6.07) is 0. The van der Waals surface area contributed by atoms with E-state index in [-0.39, 0.29) is 12.4 Å². The zero-order valence-electron chi connectivity index (χ0n) is 1.94. The molecule has 0 saturated heterocycles. The van der Waals surface area contributed by atoms with E-state index in [0.29, 0.717) is 0 Å². The second-order valence-corrected chi connectivity index (χ2v) is 0.359. The minimum absolute atomic E-state index is 0. The molecule has 0 aliphatic carbocycles. The maximum Gasteiger partial charge on any atom is 0.0358 e. The molecule has 0 radical (unpaired) electrons. The van der Waals surface area contributed by atoms with Crippen LogP contribution < -0.4 is 0 Å². The lowest BCUT2D eigenvalue weighted by Gasteiger charge is -1.31. The normalized spacial score (nSPS) is 3.25. The molecule has 1 nitrogen and oxygen atoms in total. The molecule has 0 aliphatic heterocycles. The number of rotatable bonds is 0. The standard InChI is InChI=1S/CH2ClN.ClH/c1-3-2;/h1H2;1H. The monoisotopic (exact) mass is 99.0 g/mol. The quantitative estimate of drug-likeness (QED) is 0.406.